The van der Waals surface area contributed by atoms with Gasteiger partial charge in [-0.15, -0.1) is 0 Å². The van der Waals surface area contributed by atoms with Gasteiger partial charge in [-0.3, -0.25) is 0 Å². The van der Waals surface area contributed by atoms with Crippen LogP contribution in [0.3, 0.4) is 0 Å². The van der Waals surface area contributed by atoms with Crippen LogP contribution >= 0.6 is 0 Å². The number of esters is 1. The molecule has 0 aromatic heterocycles. The average Bonchev–Trinajstić information content (AvgIpc) is 2.65. The van der Waals surface area contributed by atoms with E-state index in [0.29, 0.717) is 17.9 Å². The van der Waals surface area contributed by atoms with Crippen LogP contribution in [0.2, 0.25) is 0 Å². The number of carbonyl (C=O) groups is 1. The maximum absolute atomic E-state index is 11.9. The molecule has 3 rings (SSSR count). The van der Waals surface area contributed by atoms with E-state index in [1.807, 2.05) is 54.6 Å². The maximum atomic E-state index is 11.9. The van der Waals surface area contributed by atoms with E-state index in [0.717, 1.165) is 22.1 Å². The van der Waals surface area contributed by atoms with Crippen molar-refractivity contribution >= 4 is 16.7 Å². The van der Waals surface area contributed by atoms with Crippen molar-refractivity contribution in [3.63, 3.8) is 0 Å². The topological polar surface area (TPSA) is 44.8 Å². The van der Waals surface area contributed by atoms with Crippen molar-refractivity contribution in [1.29, 1.82) is 0 Å². The van der Waals surface area contributed by atoms with Gasteiger partial charge in [0.05, 0.1) is 14.2 Å². The monoisotopic (exact) mass is 322 g/mol. The number of fused-ring (bicyclic) bond motifs is 1. The minimum Gasteiger partial charge on any atom is -0.496 e. The summed E-state index contributed by atoms with van der Waals surface area (Å²) in [6, 6.07) is 19.3. The molecule has 4 nitrogen and oxygen atoms in total. The highest BCUT2D eigenvalue weighted by atomic mass is 16.5. The second-order valence-electron chi connectivity index (χ2n) is 5.30. The fourth-order valence-corrected chi connectivity index (χ4v) is 2.58. The smallest absolute Gasteiger partial charge is 0.341 e. The lowest BCUT2D eigenvalue weighted by Crippen LogP contribution is -2.04. The lowest BCUT2D eigenvalue weighted by molar-refractivity contribution is 0.0597. The Morgan fingerprint density at radius 1 is 0.917 bits per heavy atom. The van der Waals surface area contributed by atoms with Crippen molar-refractivity contribution < 1.29 is 19.0 Å². The molecular formula is C20H18O4. The van der Waals surface area contributed by atoms with Crippen LogP contribution in [0.4, 0.5) is 0 Å². The van der Waals surface area contributed by atoms with Crippen LogP contribution in [-0.2, 0) is 11.3 Å². The molecule has 0 heterocycles. The molecule has 0 saturated heterocycles. The summed E-state index contributed by atoms with van der Waals surface area (Å²) in [6.45, 7) is 0.473. The predicted molar refractivity (Wildman–Crippen MR) is 92.6 cm³/mol. The highest BCUT2D eigenvalue weighted by molar-refractivity contribution is 6.00. The van der Waals surface area contributed by atoms with E-state index in [2.05, 4.69) is 0 Å². The van der Waals surface area contributed by atoms with Crippen molar-refractivity contribution in [3.8, 4) is 11.5 Å². The minimum absolute atomic E-state index is 0.396. The van der Waals surface area contributed by atoms with Gasteiger partial charge in [0.1, 0.15) is 23.7 Å². The zero-order valence-corrected chi connectivity index (χ0v) is 13.6. The summed E-state index contributed by atoms with van der Waals surface area (Å²) in [4.78, 5) is 11.9. The fraction of sp³-hybridized carbons (Fsp3) is 0.150. The first-order chi connectivity index (χ1) is 11.7. The molecule has 0 amide bonds. The Labute approximate surface area is 140 Å². The zero-order chi connectivity index (χ0) is 16.9. The van der Waals surface area contributed by atoms with E-state index >= 15 is 0 Å². The first-order valence-electron chi connectivity index (χ1n) is 7.58. The molecule has 0 unspecified atom stereocenters. The van der Waals surface area contributed by atoms with E-state index in [1.165, 1.54) is 14.2 Å². The Hall–Kier alpha value is -3.01. The SMILES string of the molecule is COC(=O)c1cc2cccc(OCc3ccccc3)c2cc1OC. The lowest BCUT2D eigenvalue weighted by atomic mass is 10.0. The van der Waals surface area contributed by atoms with E-state index in [4.69, 9.17) is 14.2 Å². The molecule has 0 aliphatic heterocycles. The number of methoxy groups -OCH3 is 2. The van der Waals surface area contributed by atoms with Crippen LogP contribution in [-0.4, -0.2) is 20.2 Å². The van der Waals surface area contributed by atoms with Crippen molar-refractivity contribution in [3.05, 3.63) is 71.8 Å². The molecule has 0 aliphatic rings. The van der Waals surface area contributed by atoms with Crippen LogP contribution in [0.15, 0.2) is 60.7 Å². The molecule has 0 N–H and O–H groups in total. The fourth-order valence-electron chi connectivity index (χ4n) is 2.58. The Morgan fingerprint density at radius 3 is 2.42 bits per heavy atom. The molecule has 0 bridgehead atoms. The molecular weight excluding hydrogens is 304 g/mol. The van der Waals surface area contributed by atoms with Crippen LogP contribution in [0, 0.1) is 0 Å². The molecule has 4 heteroatoms. The Morgan fingerprint density at radius 2 is 1.71 bits per heavy atom. The van der Waals surface area contributed by atoms with Gasteiger partial charge in [0, 0.05) is 5.39 Å². The van der Waals surface area contributed by atoms with Gasteiger partial charge < -0.3 is 14.2 Å². The zero-order valence-electron chi connectivity index (χ0n) is 13.6. The molecule has 3 aromatic carbocycles. The van der Waals surface area contributed by atoms with Gasteiger partial charge in [0.25, 0.3) is 0 Å². The van der Waals surface area contributed by atoms with Gasteiger partial charge >= 0.3 is 5.97 Å². The highest BCUT2D eigenvalue weighted by Crippen LogP contribution is 2.32. The molecule has 0 spiro atoms. The predicted octanol–water partition coefficient (Wildman–Crippen LogP) is 4.21. The summed E-state index contributed by atoms with van der Waals surface area (Å²) >= 11 is 0. The summed E-state index contributed by atoms with van der Waals surface area (Å²) in [5.41, 5.74) is 1.49. The number of hydrogen-bond donors (Lipinski definition) is 0. The Bertz CT molecular complexity index is 856. The molecule has 24 heavy (non-hydrogen) atoms. The van der Waals surface area contributed by atoms with E-state index < -0.39 is 5.97 Å². The number of hydrogen-bond acceptors (Lipinski definition) is 4. The molecule has 0 aliphatic carbocycles. The highest BCUT2D eigenvalue weighted by Gasteiger charge is 2.15. The minimum atomic E-state index is -0.427. The summed E-state index contributed by atoms with van der Waals surface area (Å²) in [5, 5.41) is 1.78. The third-order valence-electron chi connectivity index (χ3n) is 3.80. The van der Waals surface area contributed by atoms with Gasteiger partial charge in [-0.25, -0.2) is 4.79 Å². The summed E-state index contributed by atoms with van der Waals surface area (Å²) < 4.78 is 16.1. The van der Waals surface area contributed by atoms with Crippen LogP contribution < -0.4 is 9.47 Å². The first-order valence-corrected chi connectivity index (χ1v) is 7.58. The number of rotatable bonds is 5. The van der Waals surface area contributed by atoms with Crippen molar-refractivity contribution in [1.82, 2.24) is 0 Å². The van der Waals surface area contributed by atoms with E-state index in [-0.39, 0.29) is 0 Å². The van der Waals surface area contributed by atoms with Gasteiger partial charge in [0.15, 0.2) is 0 Å². The van der Waals surface area contributed by atoms with E-state index in [1.54, 1.807) is 6.07 Å². The average molecular weight is 322 g/mol. The molecule has 0 fully saturated rings. The van der Waals surface area contributed by atoms with E-state index in [9.17, 15) is 4.79 Å². The Balaban J connectivity index is 1.98. The molecule has 122 valence electrons. The van der Waals surface area contributed by atoms with Gasteiger partial charge in [-0.05, 0) is 29.1 Å². The number of ether oxygens (including phenoxy) is 3. The van der Waals surface area contributed by atoms with Crippen LogP contribution in [0.25, 0.3) is 10.8 Å². The Kier molecular flexibility index (Phi) is 4.66. The lowest BCUT2D eigenvalue weighted by Gasteiger charge is -2.13. The van der Waals surface area contributed by atoms with Gasteiger partial charge in [-0.2, -0.15) is 0 Å². The third kappa shape index (κ3) is 3.18. The van der Waals surface area contributed by atoms with Crippen molar-refractivity contribution in [2.75, 3.05) is 14.2 Å². The summed E-state index contributed by atoms with van der Waals surface area (Å²) in [6.07, 6.45) is 0. The maximum Gasteiger partial charge on any atom is 0.341 e. The van der Waals surface area contributed by atoms with Crippen molar-refractivity contribution in [2.45, 2.75) is 6.61 Å². The second-order valence-corrected chi connectivity index (χ2v) is 5.30. The van der Waals surface area contributed by atoms with Gasteiger partial charge in [-0.1, -0.05) is 42.5 Å². The first kappa shape index (κ1) is 15.9. The van der Waals surface area contributed by atoms with Crippen molar-refractivity contribution in [2.24, 2.45) is 0 Å². The largest absolute Gasteiger partial charge is 0.496 e. The van der Waals surface area contributed by atoms with Crippen LogP contribution in [0.5, 0.6) is 11.5 Å². The molecule has 0 radical (unpaired) electrons. The standard InChI is InChI=1S/C20H18O4/c1-22-19-12-16-15(11-17(19)20(21)23-2)9-6-10-18(16)24-13-14-7-4-3-5-8-14/h3-12H,13H2,1-2H3. The number of carbonyl (C=O) groups excluding carboxylic acids is 1. The molecule has 0 atom stereocenters. The quantitative estimate of drug-likeness (QED) is 0.660. The third-order valence-corrected chi connectivity index (χ3v) is 3.80. The summed E-state index contributed by atoms with van der Waals surface area (Å²) in [5.74, 6) is 0.778. The molecule has 3 aromatic rings. The molecule has 0 saturated carbocycles. The van der Waals surface area contributed by atoms with Crippen LogP contribution in [0.1, 0.15) is 15.9 Å². The number of benzene rings is 3. The normalized spacial score (nSPS) is 10.4. The van der Waals surface area contributed by atoms with Gasteiger partial charge in [0.2, 0.25) is 0 Å². The second kappa shape index (κ2) is 7.04. The summed E-state index contributed by atoms with van der Waals surface area (Å²) in [7, 11) is 2.88.